The van der Waals surface area contributed by atoms with Crippen LogP contribution in [0.15, 0.2) is 59.6 Å². The number of halogens is 2. The van der Waals surface area contributed by atoms with Crippen LogP contribution < -0.4 is 9.46 Å². The van der Waals surface area contributed by atoms with Crippen LogP contribution in [-0.4, -0.2) is 26.6 Å². The van der Waals surface area contributed by atoms with Crippen LogP contribution in [0.1, 0.15) is 6.42 Å². The summed E-state index contributed by atoms with van der Waals surface area (Å²) < 4.78 is 32.9. The van der Waals surface area contributed by atoms with Gasteiger partial charge in [0.25, 0.3) is 0 Å². The molecule has 0 aliphatic heterocycles. The second-order valence-electron chi connectivity index (χ2n) is 5.48. The number of ether oxygens (including phenoxy) is 1. The van der Waals surface area contributed by atoms with Crippen LogP contribution in [0.25, 0.3) is 10.9 Å². The van der Waals surface area contributed by atoms with Crippen LogP contribution in [-0.2, 0) is 10.0 Å². The molecule has 5 nitrogen and oxygen atoms in total. The van der Waals surface area contributed by atoms with Gasteiger partial charge in [-0.25, -0.2) is 13.1 Å². The van der Waals surface area contributed by atoms with Gasteiger partial charge < -0.3 is 4.74 Å². The van der Waals surface area contributed by atoms with E-state index in [1.54, 1.807) is 12.3 Å². The van der Waals surface area contributed by atoms with E-state index in [4.69, 9.17) is 27.9 Å². The first kappa shape index (κ1) is 18.9. The topological polar surface area (TPSA) is 68.3 Å². The number of para-hydroxylation sites is 1. The first-order valence-corrected chi connectivity index (χ1v) is 10.1. The van der Waals surface area contributed by atoms with Crippen molar-refractivity contribution >= 4 is 44.1 Å². The number of hydrogen-bond acceptors (Lipinski definition) is 4. The molecule has 3 rings (SSSR count). The molecule has 0 bridgehead atoms. The summed E-state index contributed by atoms with van der Waals surface area (Å²) in [7, 11) is -3.78. The molecule has 0 spiro atoms. The van der Waals surface area contributed by atoms with E-state index in [9.17, 15) is 8.42 Å². The van der Waals surface area contributed by atoms with Crippen LogP contribution in [0.5, 0.6) is 5.75 Å². The number of aromatic nitrogens is 1. The number of nitrogens with one attached hydrogen (secondary N) is 1. The highest BCUT2D eigenvalue weighted by Crippen LogP contribution is 2.28. The van der Waals surface area contributed by atoms with Crippen molar-refractivity contribution in [3.05, 3.63) is 64.8 Å². The Morgan fingerprint density at radius 1 is 1.00 bits per heavy atom. The first-order valence-electron chi connectivity index (χ1n) is 7.89. The Hall–Kier alpha value is -1.86. The van der Waals surface area contributed by atoms with Gasteiger partial charge in [-0.15, -0.1) is 0 Å². The molecule has 0 atom stereocenters. The predicted molar refractivity (Wildman–Crippen MR) is 104 cm³/mol. The molecule has 2 aromatic carbocycles. The van der Waals surface area contributed by atoms with Crippen molar-refractivity contribution in [2.75, 3.05) is 13.2 Å². The zero-order valence-corrected chi connectivity index (χ0v) is 16.0. The predicted octanol–water partition coefficient (Wildman–Crippen LogP) is 4.29. The Morgan fingerprint density at radius 3 is 2.46 bits per heavy atom. The fourth-order valence-corrected chi connectivity index (χ4v) is 4.68. The number of hydrogen-bond donors (Lipinski definition) is 1. The van der Waals surface area contributed by atoms with E-state index < -0.39 is 10.0 Å². The zero-order valence-electron chi connectivity index (χ0n) is 13.7. The maximum atomic E-state index is 12.4. The lowest BCUT2D eigenvalue weighted by molar-refractivity contribution is 0.314. The summed E-state index contributed by atoms with van der Waals surface area (Å²) in [5.74, 6) is 0.667. The molecular weight excluding hydrogens is 395 g/mol. The number of benzene rings is 2. The molecule has 1 aromatic heterocycles. The van der Waals surface area contributed by atoms with Crippen molar-refractivity contribution in [2.45, 2.75) is 11.3 Å². The quantitative estimate of drug-likeness (QED) is 0.589. The molecule has 0 saturated heterocycles. The summed E-state index contributed by atoms with van der Waals surface area (Å²) >= 11 is 11.9. The summed E-state index contributed by atoms with van der Waals surface area (Å²) in [5, 5.41) is 1.16. The molecule has 0 radical (unpaired) electrons. The van der Waals surface area contributed by atoms with E-state index >= 15 is 0 Å². The minimum Gasteiger partial charge on any atom is -0.491 e. The minimum absolute atomic E-state index is 0.0862. The largest absolute Gasteiger partial charge is 0.491 e. The van der Waals surface area contributed by atoms with Crippen molar-refractivity contribution in [3.8, 4) is 5.75 Å². The zero-order chi connectivity index (χ0) is 18.6. The molecule has 0 aliphatic carbocycles. The lowest BCUT2D eigenvalue weighted by Gasteiger charge is -2.11. The number of sulfonamides is 1. The van der Waals surface area contributed by atoms with Crippen molar-refractivity contribution in [3.63, 3.8) is 0 Å². The van der Waals surface area contributed by atoms with E-state index in [1.807, 2.05) is 30.3 Å². The lowest BCUT2D eigenvalue weighted by atomic mass is 10.2. The summed E-state index contributed by atoms with van der Waals surface area (Å²) in [6, 6.07) is 14.1. The maximum Gasteiger partial charge on any atom is 0.243 e. The smallest absolute Gasteiger partial charge is 0.243 e. The van der Waals surface area contributed by atoms with Gasteiger partial charge in [-0.3, -0.25) is 4.98 Å². The summed E-state index contributed by atoms with van der Waals surface area (Å²) in [5.41, 5.74) is 0.776. The van der Waals surface area contributed by atoms with Crippen LogP contribution in [0.3, 0.4) is 0 Å². The van der Waals surface area contributed by atoms with Gasteiger partial charge in [0, 0.05) is 18.1 Å². The number of nitrogens with zero attached hydrogens (tertiary/aromatic N) is 1. The Bertz CT molecular complexity index is 1000. The number of pyridine rings is 1. The van der Waals surface area contributed by atoms with Gasteiger partial charge in [-0.1, -0.05) is 47.5 Å². The van der Waals surface area contributed by atoms with Gasteiger partial charge >= 0.3 is 0 Å². The highest BCUT2D eigenvalue weighted by Gasteiger charge is 2.20. The molecule has 8 heteroatoms. The molecular formula is C18H16Cl2N2O3S. The normalized spacial score (nSPS) is 11.6. The van der Waals surface area contributed by atoms with Gasteiger partial charge in [0.05, 0.1) is 16.7 Å². The van der Waals surface area contributed by atoms with Gasteiger partial charge in [0.15, 0.2) is 0 Å². The van der Waals surface area contributed by atoms with Gasteiger partial charge in [-0.05, 0) is 30.7 Å². The molecule has 1 heterocycles. The Kier molecular flexibility index (Phi) is 5.98. The first-order chi connectivity index (χ1) is 12.5. The van der Waals surface area contributed by atoms with E-state index in [2.05, 4.69) is 9.71 Å². The van der Waals surface area contributed by atoms with E-state index in [0.717, 1.165) is 10.9 Å². The molecule has 0 fully saturated rings. The molecule has 3 aromatic rings. The van der Waals surface area contributed by atoms with Gasteiger partial charge in [0.2, 0.25) is 10.0 Å². The summed E-state index contributed by atoms with van der Waals surface area (Å²) in [4.78, 5) is 4.20. The standard InChI is InChI=1S/C18H16Cl2N2O3S/c19-14-7-2-8-15(20)18(14)26(23,24)22-11-4-12-25-16-9-1-5-13-6-3-10-21-17(13)16/h1-3,5-10,22H,4,11-12H2. The maximum absolute atomic E-state index is 12.4. The number of fused-ring (bicyclic) bond motifs is 1. The van der Waals surface area contributed by atoms with Crippen LogP contribution >= 0.6 is 23.2 Å². The molecule has 1 N–H and O–H groups in total. The van der Waals surface area contributed by atoms with E-state index in [0.29, 0.717) is 18.8 Å². The highest BCUT2D eigenvalue weighted by atomic mass is 35.5. The Labute approximate surface area is 162 Å². The SMILES string of the molecule is O=S(=O)(NCCCOc1cccc2cccnc12)c1c(Cl)cccc1Cl. The fraction of sp³-hybridized carbons (Fsp3) is 0.167. The lowest BCUT2D eigenvalue weighted by Crippen LogP contribution is -2.26. The molecule has 0 unspecified atom stereocenters. The molecule has 0 aliphatic rings. The third-order valence-electron chi connectivity index (χ3n) is 3.65. The van der Waals surface area contributed by atoms with Crippen LogP contribution in [0, 0.1) is 0 Å². The highest BCUT2D eigenvalue weighted by molar-refractivity contribution is 7.89. The second-order valence-corrected chi connectivity index (χ2v) is 8.00. The van der Waals surface area contributed by atoms with Gasteiger partial charge in [0.1, 0.15) is 16.2 Å². The van der Waals surface area contributed by atoms with Crippen molar-refractivity contribution in [1.29, 1.82) is 0 Å². The van der Waals surface area contributed by atoms with Crippen LogP contribution in [0.2, 0.25) is 10.0 Å². The third kappa shape index (κ3) is 4.27. The van der Waals surface area contributed by atoms with Crippen molar-refractivity contribution in [2.24, 2.45) is 0 Å². The van der Waals surface area contributed by atoms with Crippen molar-refractivity contribution < 1.29 is 13.2 Å². The number of rotatable bonds is 7. The summed E-state index contributed by atoms with van der Waals surface area (Å²) in [6.07, 6.45) is 2.18. The minimum atomic E-state index is -3.78. The molecule has 0 amide bonds. The van der Waals surface area contributed by atoms with Crippen molar-refractivity contribution in [1.82, 2.24) is 9.71 Å². The fourth-order valence-electron chi connectivity index (χ4n) is 2.46. The molecule has 26 heavy (non-hydrogen) atoms. The average Bonchev–Trinajstić information content (AvgIpc) is 2.61. The third-order valence-corrected chi connectivity index (χ3v) is 6.07. The Morgan fingerprint density at radius 2 is 1.69 bits per heavy atom. The van der Waals surface area contributed by atoms with Crippen LogP contribution in [0.4, 0.5) is 0 Å². The average molecular weight is 411 g/mol. The second kappa shape index (κ2) is 8.22. The Balaban J connectivity index is 1.57. The summed E-state index contributed by atoms with van der Waals surface area (Å²) in [6.45, 7) is 0.538. The van der Waals surface area contributed by atoms with E-state index in [-0.39, 0.29) is 21.5 Å². The molecule has 0 saturated carbocycles. The van der Waals surface area contributed by atoms with E-state index in [1.165, 1.54) is 12.1 Å². The monoisotopic (exact) mass is 410 g/mol. The van der Waals surface area contributed by atoms with Gasteiger partial charge in [-0.2, -0.15) is 0 Å². The molecule has 136 valence electrons.